The Bertz CT molecular complexity index is 214. The van der Waals surface area contributed by atoms with Crippen molar-refractivity contribution in [1.29, 1.82) is 0 Å². The Labute approximate surface area is 133 Å². The number of hydrogen-bond acceptors (Lipinski definition) is 3. The molecule has 0 aromatic rings. The molecule has 0 saturated carbocycles. The fourth-order valence-electron chi connectivity index (χ4n) is 2.73. The highest BCUT2D eigenvalue weighted by Crippen LogP contribution is 2.14. The van der Waals surface area contributed by atoms with Crippen molar-refractivity contribution in [2.45, 2.75) is 60.8 Å². The van der Waals surface area contributed by atoms with E-state index < -0.39 is 0 Å². The molecule has 0 radical (unpaired) electrons. The van der Waals surface area contributed by atoms with Crippen molar-refractivity contribution in [2.75, 3.05) is 39.6 Å². The van der Waals surface area contributed by atoms with E-state index in [4.69, 9.17) is 0 Å². The highest BCUT2D eigenvalue weighted by molar-refractivity contribution is 4.71. The molecule has 1 aliphatic rings. The molecule has 1 saturated heterocycles. The van der Waals surface area contributed by atoms with Crippen LogP contribution in [0.2, 0.25) is 0 Å². The van der Waals surface area contributed by atoms with Crippen LogP contribution in [0.15, 0.2) is 0 Å². The molecule has 1 rings (SSSR count). The topological polar surface area (TPSA) is 9.72 Å². The maximum Gasteiger partial charge on any atom is 0.0529 e. The lowest BCUT2D eigenvalue weighted by atomic mass is 10.1. The molecule has 0 spiro atoms. The van der Waals surface area contributed by atoms with E-state index in [1.807, 2.05) is 0 Å². The molecule has 0 bridgehead atoms. The Balaban J connectivity index is 2.46. The summed E-state index contributed by atoms with van der Waals surface area (Å²) < 4.78 is 0. The highest BCUT2D eigenvalue weighted by atomic mass is 15.5. The third-order valence-corrected chi connectivity index (χ3v) is 4.27. The third kappa shape index (κ3) is 8.80. The Hall–Kier alpha value is -0.120. The summed E-state index contributed by atoms with van der Waals surface area (Å²) in [5.41, 5.74) is 0. The lowest BCUT2D eigenvalue weighted by molar-refractivity contribution is -0.0341. The summed E-state index contributed by atoms with van der Waals surface area (Å²) in [6.45, 7) is 21.2. The fourth-order valence-corrected chi connectivity index (χ4v) is 2.73. The number of nitrogens with zero attached hydrogens (tertiary/aromatic N) is 3. The zero-order chi connectivity index (χ0) is 15.8. The third-order valence-electron chi connectivity index (χ3n) is 4.27. The van der Waals surface area contributed by atoms with Gasteiger partial charge in [-0.15, -0.1) is 0 Å². The fraction of sp³-hybridized carbons (Fsp3) is 1.00. The van der Waals surface area contributed by atoms with Gasteiger partial charge in [0.15, 0.2) is 0 Å². The molecule has 0 atom stereocenters. The predicted molar refractivity (Wildman–Crippen MR) is 93.1 cm³/mol. The Morgan fingerprint density at radius 2 is 0.762 bits per heavy atom. The van der Waals surface area contributed by atoms with Crippen molar-refractivity contribution in [3.63, 3.8) is 0 Å². The first kappa shape index (κ1) is 18.9. The minimum atomic E-state index is 0.806. The smallest absolute Gasteiger partial charge is 0.0529 e. The molecule has 0 N–H and O–H groups in total. The summed E-state index contributed by atoms with van der Waals surface area (Å²) in [7, 11) is 0. The van der Waals surface area contributed by atoms with Crippen LogP contribution < -0.4 is 0 Å². The van der Waals surface area contributed by atoms with Gasteiger partial charge >= 0.3 is 0 Å². The molecule has 21 heavy (non-hydrogen) atoms. The van der Waals surface area contributed by atoms with E-state index in [1.165, 1.54) is 38.9 Å². The average molecular weight is 298 g/mol. The van der Waals surface area contributed by atoms with Crippen molar-refractivity contribution >= 4 is 0 Å². The van der Waals surface area contributed by atoms with Crippen LogP contribution in [0.4, 0.5) is 0 Å². The Morgan fingerprint density at radius 3 is 0.952 bits per heavy atom. The Morgan fingerprint density at radius 1 is 0.524 bits per heavy atom. The van der Waals surface area contributed by atoms with Gasteiger partial charge in [0.25, 0.3) is 0 Å². The normalized spacial score (nSPS) is 19.3. The lowest BCUT2D eigenvalue weighted by Crippen LogP contribution is -2.55. The van der Waals surface area contributed by atoms with Crippen LogP contribution in [0.25, 0.3) is 0 Å². The van der Waals surface area contributed by atoms with Crippen LogP contribution in [0.1, 0.15) is 60.8 Å². The summed E-state index contributed by atoms with van der Waals surface area (Å²) in [5.74, 6) is 2.42. The summed E-state index contributed by atoms with van der Waals surface area (Å²) in [4.78, 5) is 7.93. The molecule has 3 heteroatoms. The van der Waals surface area contributed by atoms with Gasteiger partial charge in [-0.25, -0.2) is 0 Å². The van der Waals surface area contributed by atoms with Crippen LogP contribution in [0.3, 0.4) is 0 Å². The molecule has 3 nitrogen and oxygen atoms in total. The van der Waals surface area contributed by atoms with Gasteiger partial charge in [0.05, 0.1) is 20.0 Å². The molecule has 0 aromatic carbocycles. The van der Waals surface area contributed by atoms with E-state index in [1.54, 1.807) is 0 Å². The standard InChI is InChI=1S/C18H39N3/c1-16(2)7-10-19-13-20(11-8-17(3)4)15-21(14-19)12-9-18(5)6/h16-18H,7-15H2,1-6H3. The molecular formula is C18H39N3. The minimum absolute atomic E-state index is 0.806. The SMILES string of the molecule is CC(C)CCN1CN(CCC(C)C)CN(CCC(C)C)C1. The van der Waals surface area contributed by atoms with Crippen molar-refractivity contribution in [2.24, 2.45) is 17.8 Å². The van der Waals surface area contributed by atoms with Crippen LogP contribution in [-0.4, -0.2) is 54.3 Å². The maximum atomic E-state index is 2.64. The van der Waals surface area contributed by atoms with Gasteiger partial charge in [-0.2, -0.15) is 0 Å². The van der Waals surface area contributed by atoms with E-state index in [0.29, 0.717) is 0 Å². The largest absolute Gasteiger partial charge is 0.277 e. The summed E-state index contributed by atoms with van der Waals surface area (Å²) in [5, 5.41) is 0. The van der Waals surface area contributed by atoms with Gasteiger partial charge in [-0.3, -0.25) is 14.7 Å². The lowest BCUT2D eigenvalue weighted by Gasteiger charge is -2.43. The first-order valence-electron chi connectivity index (χ1n) is 9.03. The van der Waals surface area contributed by atoms with Gasteiger partial charge in [-0.05, 0) is 37.0 Å². The summed E-state index contributed by atoms with van der Waals surface area (Å²) in [6.07, 6.45) is 3.95. The number of rotatable bonds is 9. The van der Waals surface area contributed by atoms with Crippen molar-refractivity contribution in [3.8, 4) is 0 Å². The zero-order valence-electron chi connectivity index (χ0n) is 15.4. The second kappa shape index (κ2) is 9.81. The molecule has 1 aliphatic heterocycles. The Kier molecular flexibility index (Phi) is 8.84. The van der Waals surface area contributed by atoms with Crippen LogP contribution >= 0.6 is 0 Å². The van der Waals surface area contributed by atoms with Gasteiger partial charge in [0, 0.05) is 19.6 Å². The molecule has 1 heterocycles. The molecule has 126 valence electrons. The molecule has 0 aliphatic carbocycles. The van der Waals surface area contributed by atoms with Gasteiger partial charge in [-0.1, -0.05) is 41.5 Å². The average Bonchev–Trinajstić information content (AvgIpc) is 2.40. The van der Waals surface area contributed by atoms with E-state index >= 15 is 0 Å². The van der Waals surface area contributed by atoms with Gasteiger partial charge < -0.3 is 0 Å². The van der Waals surface area contributed by atoms with Crippen LogP contribution in [0.5, 0.6) is 0 Å². The first-order valence-corrected chi connectivity index (χ1v) is 9.03. The first-order chi connectivity index (χ1) is 9.86. The van der Waals surface area contributed by atoms with Crippen molar-refractivity contribution in [3.05, 3.63) is 0 Å². The maximum absolute atomic E-state index is 2.64. The molecular weight excluding hydrogens is 258 g/mol. The van der Waals surface area contributed by atoms with E-state index in [-0.39, 0.29) is 0 Å². The van der Waals surface area contributed by atoms with Gasteiger partial charge in [0.2, 0.25) is 0 Å². The van der Waals surface area contributed by atoms with Crippen LogP contribution in [-0.2, 0) is 0 Å². The highest BCUT2D eigenvalue weighted by Gasteiger charge is 2.23. The zero-order valence-corrected chi connectivity index (χ0v) is 15.4. The molecule has 0 aromatic heterocycles. The second-order valence-electron chi connectivity index (χ2n) is 8.16. The number of hydrogen-bond donors (Lipinski definition) is 0. The van der Waals surface area contributed by atoms with Crippen molar-refractivity contribution in [1.82, 2.24) is 14.7 Å². The minimum Gasteiger partial charge on any atom is -0.277 e. The predicted octanol–water partition coefficient (Wildman–Crippen LogP) is 3.92. The summed E-state index contributed by atoms with van der Waals surface area (Å²) >= 11 is 0. The monoisotopic (exact) mass is 297 g/mol. The second-order valence-corrected chi connectivity index (χ2v) is 8.16. The molecule has 1 fully saturated rings. The molecule has 0 amide bonds. The quantitative estimate of drug-likeness (QED) is 0.639. The van der Waals surface area contributed by atoms with E-state index in [9.17, 15) is 0 Å². The van der Waals surface area contributed by atoms with E-state index in [2.05, 4.69) is 56.2 Å². The molecule has 0 unspecified atom stereocenters. The van der Waals surface area contributed by atoms with E-state index in [0.717, 1.165) is 37.8 Å². The summed E-state index contributed by atoms with van der Waals surface area (Å²) in [6, 6.07) is 0. The van der Waals surface area contributed by atoms with Gasteiger partial charge in [0.1, 0.15) is 0 Å². The van der Waals surface area contributed by atoms with Crippen LogP contribution in [0, 0.1) is 17.8 Å². The van der Waals surface area contributed by atoms with Crippen molar-refractivity contribution < 1.29 is 0 Å².